The Morgan fingerprint density at radius 1 is 1.33 bits per heavy atom. The lowest BCUT2D eigenvalue weighted by atomic mass is 10.1. The molecule has 0 spiro atoms. The van der Waals surface area contributed by atoms with Crippen LogP contribution in [0.4, 0.5) is 4.39 Å². The number of aromatic nitrogens is 2. The van der Waals surface area contributed by atoms with Crippen molar-refractivity contribution >= 4 is 27.5 Å². The molecule has 0 bridgehead atoms. The summed E-state index contributed by atoms with van der Waals surface area (Å²) in [4.78, 5) is 21.3. The number of hydrogen-bond donors (Lipinski definition) is 1. The van der Waals surface area contributed by atoms with Crippen molar-refractivity contribution in [3.8, 4) is 17.0 Å². The first-order valence-corrected chi connectivity index (χ1v) is 9.58. The molecule has 140 valence electrons. The average Bonchev–Trinajstić information content (AvgIpc) is 3.35. The number of rotatable bonds is 6. The fourth-order valence-corrected chi connectivity index (χ4v) is 3.92. The van der Waals surface area contributed by atoms with Crippen LogP contribution in [0.2, 0.25) is 0 Å². The van der Waals surface area contributed by atoms with E-state index < -0.39 is 0 Å². The maximum absolute atomic E-state index is 13.2. The summed E-state index contributed by atoms with van der Waals surface area (Å²) in [5.74, 6) is -0.183. The zero-order valence-corrected chi connectivity index (χ0v) is 15.3. The predicted molar refractivity (Wildman–Crippen MR) is 100 cm³/mol. The van der Waals surface area contributed by atoms with Gasteiger partial charge < -0.3 is 14.8 Å². The summed E-state index contributed by atoms with van der Waals surface area (Å²) in [6.45, 7) is 1.10. The molecular weight excluding hydrogens is 369 g/mol. The molecule has 1 aromatic carbocycles. The van der Waals surface area contributed by atoms with E-state index in [9.17, 15) is 9.18 Å². The van der Waals surface area contributed by atoms with Gasteiger partial charge in [-0.1, -0.05) is 12.1 Å². The Balaban J connectivity index is 1.49. The highest BCUT2D eigenvalue weighted by Crippen LogP contribution is 2.37. The fraction of sp³-hybridized carbons (Fsp3) is 0.316. The van der Waals surface area contributed by atoms with Gasteiger partial charge in [0.05, 0.1) is 11.5 Å². The monoisotopic (exact) mass is 387 g/mol. The molecule has 1 atom stereocenters. The standard InChI is InChI=1S/C19H18FN3O3S/c20-13-5-3-12(4-6-13)15-10-27-19-17(15)18(22-11-23-19)26-9-16(24)21-8-14-2-1-7-25-14/h3-6,10-11,14H,1-2,7-9H2,(H,21,24). The van der Waals surface area contributed by atoms with Gasteiger partial charge in [0.2, 0.25) is 5.88 Å². The number of amides is 1. The summed E-state index contributed by atoms with van der Waals surface area (Å²) in [6, 6.07) is 6.20. The van der Waals surface area contributed by atoms with Gasteiger partial charge in [0.15, 0.2) is 6.61 Å². The van der Waals surface area contributed by atoms with E-state index in [1.54, 1.807) is 12.1 Å². The molecule has 0 aliphatic carbocycles. The van der Waals surface area contributed by atoms with Crippen molar-refractivity contribution in [2.45, 2.75) is 18.9 Å². The van der Waals surface area contributed by atoms with E-state index in [0.29, 0.717) is 12.4 Å². The Morgan fingerprint density at radius 3 is 2.96 bits per heavy atom. The topological polar surface area (TPSA) is 73.3 Å². The minimum Gasteiger partial charge on any atom is -0.467 e. The van der Waals surface area contributed by atoms with E-state index in [2.05, 4.69) is 15.3 Å². The van der Waals surface area contributed by atoms with Crippen molar-refractivity contribution in [2.24, 2.45) is 0 Å². The third-order valence-electron chi connectivity index (χ3n) is 4.38. The van der Waals surface area contributed by atoms with Gasteiger partial charge >= 0.3 is 0 Å². The molecule has 6 nitrogen and oxygen atoms in total. The van der Waals surface area contributed by atoms with Crippen molar-refractivity contribution in [1.82, 2.24) is 15.3 Å². The smallest absolute Gasteiger partial charge is 0.258 e. The van der Waals surface area contributed by atoms with Crippen LogP contribution in [-0.4, -0.2) is 41.7 Å². The van der Waals surface area contributed by atoms with Crippen molar-refractivity contribution in [1.29, 1.82) is 0 Å². The van der Waals surface area contributed by atoms with Crippen LogP contribution in [0.1, 0.15) is 12.8 Å². The van der Waals surface area contributed by atoms with Gasteiger partial charge in [-0.25, -0.2) is 14.4 Å². The van der Waals surface area contributed by atoms with Crippen LogP contribution >= 0.6 is 11.3 Å². The highest BCUT2D eigenvalue weighted by Gasteiger charge is 2.18. The molecule has 1 amide bonds. The van der Waals surface area contributed by atoms with Gasteiger partial charge in [-0.2, -0.15) is 0 Å². The summed E-state index contributed by atoms with van der Waals surface area (Å²) < 4.78 is 24.4. The molecule has 27 heavy (non-hydrogen) atoms. The zero-order chi connectivity index (χ0) is 18.6. The third-order valence-corrected chi connectivity index (χ3v) is 5.27. The number of nitrogens with zero attached hydrogens (tertiary/aromatic N) is 2. The second-order valence-electron chi connectivity index (χ2n) is 6.24. The largest absolute Gasteiger partial charge is 0.467 e. The summed E-state index contributed by atoms with van der Waals surface area (Å²) >= 11 is 1.45. The first kappa shape index (κ1) is 17.8. The quantitative estimate of drug-likeness (QED) is 0.703. The summed E-state index contributed by atoms with van der Waals surface area (Å²) in [7, 11) is 0. The Labute approximate surface area is 159 Å². The van der Waals surface area contributed by atoms with Crippen molar-refractivity contribution in [2.75, 3.05) is 19.8 Å². The van der Waals surface area contributed by atoms with Crippen LogP contribution in [-0.2, 0) is 9.53 Å². The van der Waals surface area contributed by atoms with Gasteiger partial charge in [0, 0.05) is 24.1 Å². The van der Waals surface area contributed by atoms with Crippen LogP contribution in [0.3, 0.4) is 0 Å². The number of hydrogen-bond acceptors (Lipinski definition) is 6. The van der Waals surface area contributed by atoms with E-state index in [1.165, 1.54) is 29.8 Å². The maximum Gasteiger partial charge on any atom is 0.258 e. The Morgan fingerprint density at radius 2 is 2.19 bits per heavy atom. The van der Waals surface area contributed by atoms with Gasteiger partial charge in [-0.05, 0) is 30.5 Å². The molecule has 0 radical (unpaired) electrons. The van der Waals surface area contributed by atoms with E-state index >= 15 is 0 Å². The van der Waals surface area contributed by atoms with E-state index in [0.717, 1.165) is 40.8 Å². The number of ether oxygens (including phenoxy) is 2. The van der Waals surface area contributed by atoms with E-state index in [1.807, 2.05) is 5.38 Å². The van der Waals surface area contributed by atoms with E-state index in [4.69, 9.17) is 9.47 Å². The first-order valence-electron chi connectivity index (χ1n) is 8.70. The lowest BCUT2D eigenvalue weighted by Gasteiger charge is -2.11. The molecule has 1 saturated heterocycles. The number of carbonyl (C=O) groups is 1. The number of thiophene rings is 1. The zero-order valence-electron chi connectivity index (χ0n) is 14.5. The van der Waals surface area contributed by atoms with Gasteiger partial charge in [-0.3, -0.25) is 4.79 Å². The second kappa shape index (κ2) is 7.98. The first-order chi connectivity index (χ1) is 13.2. The summed E-state index contributed by atoms with van der Waals surface area (Å²) in [5, 5.41) is 5.47. The normalized spacial score (nSPS) is 16.6. The van der Waals surface area contributed by atoms with Crippen molar-refractivity contribution < 1.29 is 18.7 Å². The number of carbonyl (C=O) groups excluding carboxylic acids is 1. The lowest BCUT2D eigenvalue weighted by molar-refractivity contribution is -0.123. The molecule has 1 aliphatic heterocycles. The van der Waals surface area contributed by atoms with Crippen molar-refractivity contribution in [3.05, 3.63) is 41.8 Å². The SMILES string of the molecule is O=C(COc1ncnc2scc(-c3ccc(F)cc3)c12)NCC1CCCO1. The molecule has 3 heterocycles. The summed E-state index contributed by atoms with van der Waals surface area (Å²) in [6.07, 6.45) is 3.48. The predicted octanol–water partition coefficient (Wildman–Crippen LogP) is 3.17. The van der Waals surface area contributed by atoms with Crippen LogP contribution in [0.5, 0.6) is 5.88 Å². The maximum atomic E-state index is 13.2. The molecule has 0 saturated carbocycles. The molecular formula is C19H18FN3O3S. The number of halogens is 1. The second-order valence-corrected chi connectivity index (χ2v) is 7.10. The highest BCUT2D eigenvalue weighted by molar-refractivity contribution is 7.17. The van der Waals surface area contributed by atoms with Crippen LogP contribution in [0, 0.1) is 5.82 Å². The third kappa shape index (κ3) is 4.06. The van der Waals surface area contributed by atoms with Crippen LogP contribution in [0.15, 0.2) is 36.0 Å². The fourth-order valence-electron chi connectivity index (χ4n) is 3.02. The highest BCUT2D eigenvalue weighted by atomic mass is 32.1. The molecule has 1 N–H and O–H groups in total. The molecule has 8 heteroatoms. The molecule has 4 rings (SSSR count). The number of fused-ring (bicyclic) bond motifs is 1. The number of nitrogens with one attached hydrogen (secondary N) is 1. The lowest BCUT2D eigenvalue weighted by Crippen LogP contribution is -2.35. The van der Waals surface area contributed by atoms with Crippen molar-refractivity contribution in [3.63, 3.8) is 0 Å². The van der Waals surface area contributed by atoms with Gasteiger partial charge in [0.1, 0.15) is 17.0 Å². The summed E-state index contributed by atoms with van der Waals surface area (Å²) in [5.41, 5.74) is 1.69. The molecule has 1 unspecified atom stereocenters. The molecule has 3 aromatic rings. The Kier molecular flexibility index (Phi) is 5.26. The van der Waals surface area contributed by atoms with Crippen LogP contribution in [0.25, 0.3) is 21.3 Å². The van der Waals surface area contributed by atoms with Gasteiger partial charge in [0.25, 0.3) is 5.91 Å². The Hall–Kier alpha value is -2.58. The minimum atomic E-state index is -0.297. The molecule has 1 aliphatic rings. The van der Waals surface area contributed by atoms with E-state index in [-0.39, 0.29) is 24.4 Å². The van der Waals surface area contributed by atoms with Gasteiger partial charge in [-0.15, -0.1) is 11.3 Å². The molecule has 1 fully saturated rings. The average molecular weight is 387 g/mol. The van der Waals surface area contributed by atoms with Crippen LogP contribution < -0.4 is 10.1 Å². The minimum absolute atomic E-state index is 0.0849. The Bertz CT molecular complexity index is 939. The number of benzene rings is 1. The molecule has 2 aromatic heterocycles.